The molecule has 0 unspecified atom stereocenters. The highest BCUT2D eigenvalue weighted by Gasteiger charge is 2.25. The van der Waals surface area contributed by atoms with E-state index in [1.165, 1.54) is 36.9 Å². The van der Waals surface area contributed by atoms with E-state index in [9.17, 15) is 0 Å². The van der Waals surface area contributed by atoms with Crippen LogP contribution in [-0.2, 0) is 0 Å². The summed E-state index contributed by atoms with van der Waals surface area (Å²) in [5.74, 6) is 0. The molecule has 1 aromatic heterocycles. The van der Waals surface area contributed by atoms with Crippen LogP contribution in [0.5, 0.6) is 0 Å². The summed E-state index contributed by atoms with van der Waals surface area (Å²) < 4.78 is 0. The number of aromatic nitrogens is 1. The summed E-state index contributed by atoms with van der Waals surface area (Å²) >= 11 is 0. The molecule has 1 atom stereocenters. The molecule has 1 fully saturated rings. The van der Waals surface area contributed by atoms with Crippen LogP contribution in [0.25, 0.3) is 0 Å². The maximum absolute atomic E-state index is 4.33. The van der Waals surface area contributed by atoms with E-state index < -0.39 is 0 Å². The van der Waals surface area contributed by atoms with E-state index in [1.54, 1.807) is 0 Å². The molecule has 88 valence electrons. The molecule has 0 saturated carbocycles. The topological polar surface area (TPSA) is 16.1 Å². The highest BCUT2D eigenvalue weighted by atomic mass is 15.2. The first-order chi connectivity index (χ1) is 7.68. The molecule has 1 aliphatic rings. The molecular formula is C14H22N2. The van der Waals surface area contributed by atoms with E-state index in [0.717, 1.165) is 0 Å². The van der Waals surface area contributed by atoms with Crippen molar-refractivity contribution in [3.05, 3.63) is 29.6 Å². The molecule has 0 aromatic carbocycles. The Kier molecular flexibility index (Phi) is 3.59. The average molecular weight is 218 g/mol. The Morgan fingerprint density at radius 3 is 2.81 bits per heavy atom. The van der Waals surface area contributed by atoms with E-state index in [0.29, 0.717) is 12.1 Å². The fraction of sp³-hybridized carbons (Fsp3) is 0.643. The summed E-state index contributed by atoms with van der Waals surface area (Å²) in [5.41, 5.74) is 2.67. The van der Waals surface area contributed by atoms with Crippen LogP contribution in [0.4, 0.5) is 0 Å². The summed E-state index contributed by atoms with van der Waals surface area (Å²) in [5, 5.41) is 0. The third-order valence-corrected chi connectivity index (χ3v) is 3.49. The zero-order valence-corrected chi connectivity index (χ0v) is 10.6. The van der Waals surface area contributed by atoms with Crippen LogP contribution in [0.3, 0.4) is 0 Å². The molecular weight excluding hydrogens is 196 g/mol. The molecule has 0 amide bonds. The maximum Gasteiger partial charge on any atom is 0.0366 e. The fourth-order valence-corrected chi connectivity index (χ4v) is 2.69. The van der Waals surface area contributed by atoms with Gasteiger partial charge in [-0.15, -0.1) is 0 Å². The minimum Gasteiger partial charge on any atom is -0.294 e. The van der Waals surface area contributed by atoms with Gasteiger partial charge in [0, 0.05) is 24.5 Å². The van der Waals surface area contributed by atoms with Gasteiger partial charge in [0.15, 0.2) is 0 Å². The van der Waals surface area contributed by atoms with Crippen LogP contribution in [0.15, 0.2) is 18.5 Å². The van der Waals surface area contributed by atoms with Gasteiger partial charge < -0.3 is 0 Å². The normalized spacial score (nSPS) is 22.6. The molecule has 1 aromatic rings. The monoisotopic (exact) mass is 218 g/mol. The molecule has 0 spiro atoms. The second-order valence-corrected chi connectivity index (χ2v) is 5.14. The predicted octanol–water partition coefficient (Wildman–Crippen LogP) is 3.33. The van der Waals surface area contributed by atoms with Crippen LogP contribution in [-0.4, -0.2) is 22.5 Å². The van der Waals surface area contributed by atoms with E-state index in [2.05, 4.69) is 36.7 Å². The van der Waals surface area contributed by atoms with Gasteiger partial charge in [0.05, 0.1) is 0 Å². The van der Waals surface area contributed by atoms with Crippen molar-refractivity contribution in [3.8, 4) is 0 Å². The molecule has 2 nitrogen and oxygen atoms in total. The molecule has 0 bridgehead atoms. The van der Waals surface area contributed by atoms with Crippen LogP contribution in [0, 0.1) is 6.92 Å². The first kappa shape index (κ1) is 11.6. The number of pyridine rings is 1. The van der Waals surface area contributed by atoms with Crippen LogP contribution < -0.4 is 0 Å². The quantitative estimate of drug-likeness (QED) is 0.757. The molecule has 1 saturated heterocycles. The van der Waals surface area contributed by atoms with Gasteiger partial charge in [0.1, 0.15) is 0 Å². The molecule has 2 heteroatoms. The van der Waals surface area contributed by atoms with Crippen molar-refractivity contribution >= 4 is 0 Å². The summed E-state index contributed by atoms with van der Waals surface area (Å²) in [7, 11) is 0. The molecule has 2 rings (SSSR count). The minimum atomic E-state index is 0.584. The predicted molar refractivity (Wildman–Crippen MR) is 67.4 cm³/mol. The highest BCUT2D eigenvalue weighted by molar-refractivity contribution is 5.20. The van der Waals surface area contributed by atoms with Crippen molar-refractivity contribution in [2.75, 3.05) is 6.54 Å². The van der Waals surface area contributed by atoms with Crippen molar-refractivity contribution < 1.29 is 0 Å². The molecule has 0 aliphatic carbocycles. The van der Waals surface area contributed by atoms with Gasteiger partial charge in [-0.25, -0.2) is 0 Å². The van der Waals surface area contributed by atoms with Gasteiger partial charge in [0.2, 0.25) is 0 Å². The summed E-state index contributed by atoms with van der Waals surface area (Å²) in [4.78, 5) is 6.94. The number of piperidine rings is 1. The summed E-state index contributed by atoms with van der Waals surface area (Å²) in [6.45, 7) is 7.94. The van der Waals surface area contributed by atoms with E-state index in [4.69, 9.17) is 0 Å². The lowest BCUT2D eigenvalue weighted by atomic mass is 9.94. The van der Waals surface area contributed by atoms with Gasteiger partial charge in [0.25, 0.3) is 0 Å². The number of hydrogen-bond acceptors (Lipinski definition) is 2. The first-order valence-electron chi connectivity index (χ1n) is 6.36. The number of hydrogen-bond donors (Lipinski definition) is 0. The molecule has 0 radical (unpaired) electrons. The molecule has 0 N–H and O–H groups in total. The SMILES string of the molecule is Cc1cncc([C@@H]2CCCCN2C(C)C)c1. The van der Waals surface area contributed by atoms with E-state index >= 15 is 0 Å². The Balaban J connectivity index is 2.23. The molecule has 2 heterocycles. The smallest absolute Gasteiger partial charge is 0.0366 e. The molecule has 16 heavy (non-hydrogen) atoms. The van der Waals surface area contributed by atoms with Gasteiger partial charge in [-0.2, -0.15) is 0 Å². The fourth-order valence-electron chi connectivity index (χ4n) is 2.69. The summed E-state index contributed by atoms with van der Waals surface area (Å²) in [6.07, 6.45) is 7.95. The lowest BCUT2D eigenvalue weighted by Gasteiger charge is -2.38. The first-order valence-corrected chi connectivity index (χ1v) is 6.36. The summed E-state index contributed by atoms with van der Waals surface area (Å²) in [6, 6.07) is 3.50. The molecule has 1 aliphatic heterocycles. The average Bonchev–Trinajstić information content (AvgIpc) is 2.29. The number of rotatable bonds is 2. The van der Waals surface area contributed by atoms with E-state index in [-0.39, 0.29) is 0 Å². The second kappa shape index (κ2) is 4.96. The Hall–Kier alpha value is -0.890. The van der Waals surface area contributed by atoms with Gasteiger partial charge >= 0.3 is 0 Å². The van der Waals surface area contributed by atoms with Crippen molar-refractivity contribution in [2.24, 2.45) is 0 Å². The Morgan fingerprint density at radius 1 is 1.31 bits per heavy atom. The lowest BCUT2D eigenvalue weighted by molar-refractivity contribution is 0.112. The Morgan fingerprint density at radius 2 is 2.12 bits per heavy atom. The third-order valence-electron chi connectivity index (χ3n) is 3.49. The van der Waals surface area contributed by atoms with Crippen molar-refractivity contribution in [1.29, 1.82) is 0 Å². The highest BCUT2D eigenvalue weighted by Crippen LogP contribution is 2.32. The second-order valence-electron chi connectivity index (χ2n) is 5.14. The zero-order chi connectivity index (χ0) is 11.5. The Labute approximate surface area is 98.7 Å². The third kappa shape index (κ3) is 2.43. The van der Waals surface area contributed by atoms with Gasteiger partial charge in [-0.3, -0.25) is 9.88 Å². The zero-order valence-electron chi connectivity index (χ0n) is 10.6. The minimum absolute atomic E-state index is 0.584. The maximum atomic E-state index is 4.33. The van der Waals surface area contributed by atoms with E-state index in [1.807, 2.05) is 12.4 Å². The van der Waals surface area contributed by atoms with Crippen molar-refractivity contribution in [3.63, 3.8) is 0 Å². The van der Waals surface area contributed by atoms with Gasteiger partial charge in [-0.1, -0.05) is 12.5 Å². The largest absolute Gasteiger partial charge is 0.294 e. The van der Waals surface area contributed by atoms with Crippen LogP contribution in [0.1, 0.15) is 50.3 Å². The Bertz CT molecular complexity index is 346. The van der Waals surface area contributed by atoms with Crippen molar-refractivity contribution in [2.45, 2.75) is 52.1 Å². The standard InChI is InChI=1S/C14H22N2/c1-11(2)16-7-5-4-6-14(16)13-8-12(3)9-15-10-13/h8-11,14H,4-7H2,1-3H3/t14-/m0/s1. The number of nitrogens with zero attached hydrogens (tertiary/aromatic N) is 2. The van der Waals surface area contributed by atoms with Crippen LogP contribution >= 0.6 is 0 Å². The van der Waals surface area contributed by atoms with Crippen molar-refractivity contribution in [1.82, 2.24) is 9.88 Å². The number of aryl methyl sites for hydroxylation is 1. The number of likely N-dealkylation sites (tertiary alicyclic amines) is 1. The van der Waals surface area contributed by atoms with Gasteiger partial charge in [-0.05, 0) is 51.3 Å². The van der Waals surface area contributed by atoms with Crippen LogP contribution in [0.2, 0.25) is 0 Å². The lowest BCUT2D eigenvalue weighted by Crippen LogP contribution is -2.38.